The lowest BCUT2D eigenvalue weighted by molar-refractivity contribution is 0.268. The summed E-state index contributed by atoms with van der Waals surface area (Å²) in [6, 6.07) is 21.2. The minimum atomic E-state index is -0.253. The molecule has 0 bridgehead atoms. The number of hydrogen-bond donors (Lipinski definition) is 1. The summed E-state index contributed by atoms with van der Waals surface area (Å²) >= 11 is 3.67. The third-order valence-electron chi connectivity index (χ3n) is 5.07. The molecule has 0 fully saturated rings. The number of rotatable bonds is 11. The fraction of sp³-hybridized carbons (Fsp3) is 0.308. The van der Waals surface area contributed by atoms with Crippen LogP contribution in [0.3, 0.4) is 0 Å². The van der Waals surface area contributed by atoms with Gasteiger partial charge in [-0.1, -0.05) is 58.4 Å². The molecule has 1 N–H and O–H groups in total. The van der Waals surface area contributed by atoms with Crippen LogP contribution in [0.2, 0.25) is 0 Å². The Balaban J connectivity index is 1.60. The van der Waals surface area contributed by atoms with Crippen molar-refractivity contribution in [2.75, 3.05) is 6.61 Å². The molecule has 0 aliphatic heterocycles. The van der Waals surface area contributed by atoms with Crippen molar-refractivity contribution in [1.82, 2.24) is 5.32 Å². The lowest BCUT2D eigenvalue weighted by Gasteiger charge is -2.18. The van der Waals surface area contributed by atoms with Crippen LogP contribution in [0.25, 0.3) is 0 Å². The molecular formula is C26H29BrFNO2. The van der Waals surface area contributed by atoms with Crippen molar-refractivity contribution in [3.05, 3.63) is 93.7 Å². The molecule has 3 nitrogen and oxygen atoms in total. The van der Waals surface area contributed by atoms with E-state index in [9.17, 15) is 4.39 Å². The first-order chi connectivity index (χ1) is 15.0. The number of halogens is 2. The Morgan fingerprint density at radius 3 is 2.35 bits per heavy atom. The van der Waals surface area contributed by atoms with Crippen LogP contribution in [0, 0.1) is 5.82 Å². The van der Waals surface area contributed by atoms with Gasteiger partial charge in [-0.2, -0.15) is 0 Å². The van der Waals surface area contributed by atoms with Crippen LogP contribution in [0.15, 0.2) is 71.2 Å². The van der Waals surface area contributed by atoms with Crippen LogP contribution in [0.5, 0.6) is 11.5 Å². The normalized spacial score (nSPS) is 11.9. The third-order valence-corrected chi connectivity index (χ3v) is 5.81. The summed E-state index contributed by atoms with van der Waals surface area (Å²) in [6.45, 7) is 5.79. The lowest BCUT2D eigenvalue weighted by atomic mass is 10.1. The average Bonchev–Trinajstić information content (AvgIpc) is 2.78. The van der Waals surface area contributed by atoms with Gasteiger partial charge in [0.05, 0.1) is 6.61 Å². The molecule has 1 unspecified atom stereocenters. The van der Waals surface area contributed by atoms with E-state index in [1.54, 1.807) is 12.1 Å². The van der Waals surface area contributed by atoms with Gasteiger partial charge in [0.1, 0.15) is 12.4 Å². The molecule has 0 heterocycles. The van der Waals surface area contributed by atoms with E-state index in [4.69, 9.17) is 9.47 Å². The minimum Gasteiger partial charge on any atom is -0.490 e. The number of nitrogens with one attached hydrogen (secondary N) is 1. The largest absolute Gasteiger partial charge is 0.490 e. The van der Waals surface area contributed by atoms with Gasteiger partial charge in [0.2, 0.25) is 0 Å². The predicted molar refractivity (Wildman–Crippen MR) is 127 cm³/mol. The molecule has 3 aromatic carbocycles. The maximum Gasteiger partial charge on any atom is 0.162 e. The molecule has 0 saturated heterocycles. The molecule has 0 amide bonds. The van der Waals surface area contributed by atoms with E-state index in [-0.39, 0.29) is 5.82 Å². The first kappa shape index (κ1) is 23.3. The SMILES string of the molecule is CCOc1cc(CNC(C)CCc2ccccc2)c(Br)cc1OCc1ccc(F)cc1. The summed E-state index contributed by atoms with van der Waals surface area (Å²) in [5.74, 6) is 1.12. The van der Waals surface area contributed by atoms with Gasteiger partial charge in [0, 0.05) is 17.1 Å². The molecule has 0 saturated carbocycles. The predicted octanol–water partition coefficient (Wildman–Crippen LogP) is 6.68. The van der Waals surface area contributed by atoms with E-state index in [1.807, 2.05) is 25.1 Å². The van der Waals surface area contributed by atoms with E-state index in [0.29, 0.717) is 30.8 Å². The van der Waals surface area contributed by atoms with E-state index in [2.05, 4.69) is 52.4 Å². The minimum absolute atomic E-state index is 0.253. The highest BCUT2D eigenvalue weighted by atomic mass is 79.9. The van der Waals surface area contributed by atoms with Crippen LogP contribution >= 0.6 is 15.9 Å². The second kappa shape index (κ2) is 11.9. The van der Waals surface area contributed by atoms with Gasteiger partial charge in [-0.25, -0.2) is 4.39 Å². The van der Waals surface area contributed by atoms with Crippen molar-refractivity contribution in [3.63, 3.8) is 0 Å². The van der Waals surface area contributed by atoms with Gasteiger partial charge >= 0.3 is 0 Å². The Bertz CT molecular complexity index is 948. The van der Waals surface area contributed by atoms with Crippen LogP contribution in [-0.2, 0) is 19.6 Å². The maximum absolute atomic E-state index is 13.1. The van der Waals surface area contributed by atoms with Crippen LogP contribution in [0.4, 0.5) is 4.39 Å². The molecule has 31 heavy (non-hydrogen) atoms. The Kier molecular flexibility index (Phi) is 8.92. The summed E-state index contributed by atoms with van der Waals surface area (Å²) in [4.78, 5) is 0. The summed E-state index contributed by atoms with van der Waals surface area (Å²) in [5.41, 5.74) is 3.38. The first-order valence-electron chi connectivity index (χ1n) is 10.6. The van der Waals surface area contributed by atoms with Crippen LogP contribution in [-0.4, -0.2) is 12.6 Å². The topological polar surface area (TPSA) is 30.5 Å². The molecule has 0 radical (unpaired) electrons. The summed E-state index contributed by atoms with van der Waals surface area (Å²) in [6.07, 6.45) is 2.12. The van der Waals surface area contributed by atoms with Crippen molar-refractivity contribution < 1.29 is 13.9 Å². The molecular weight excluding hydrogens is 457 g/mol. The second-order valence-corrected chi connectivity index (χ2v) is 8.40. The van der Waals surface area contributed by atoms with E-state index < -0.39 is 0 Å². The molecule has 3 aromatic rings. The lowest BCUT2D eigenvalue weighted by Crippen LogP contribution is -2.26. The molecule has 3 rings (SSSR count). The highest BCUT2D eigenvalue weighted by Gasteiger charge is 2.12. The number of aryl methyl sites for hydroxylation is 1. The zero-order valence-electron chi connectivity index (χ0n) is 18.0. The number of benzene rings is 3. The van der Waals surface area contributed by atoms with E-state index in [0.717, 1.165) is 35.0 Å². The van der Waals surface area contributed by atoms with Gasteiger partial charge in [0.25, 0.3) is 0 Å². The Morgan fingerprint density at radius 1 is 0.935 bits per heavy atom. The molecule has 0 aliphatic rings. The molecule has 0 spiro atoms. The van der Waals surface area contributed by atoms with Gasteiger partial charge in [-0.05, 0) is 67.6 Å². The number of hydrogen-bond acceptors (Lipinski definition) is 3. The van der Waals surface area contributed by atoms with Gasteiger partial charge < -0.3 is 14.8 Å². The summed E-state index contributed by atoms with van der Waals surface area (Å²) in [5, 5.41) is 3.60. The number of ether oxygens (including phenoxy) is 2. The Labute approximate surface area is 192 Å². The highest BCUT2D eigenvalue weighted by Crippen LogP contribution is 2.34. The van der Waals surface area contributed by atoms with E-state index >= 15 is 0 Å². The van der Waals surface area contributed by atoms with Crippen molar-refractivity contribution in [3.8, 4) is 11.5 Å². The molecule has 0 aromatic heterocycles. The molecule has 0 aliphatic carbocycles. The standard InChI is InChI=1S/C26H29BrFNO2/c1-3-30-25-15-22(17-29-19(2)9-10-20-7-5-4-6-8-20)24(27)16-26(25)31-18-21-11-13-23(28)14-12-21/h4-8,11-16,19,29H,3,9-10,17-18H2,1-2H3. The Morgan fingerprint density at radius 2 is 1.65 bits per heavy atom. The summed E-state index contributed by atoms with van der Waals surface area (Å²) in [7, 11) is 0. The second-order valence-electron chi connectivity index (χ2n) is 7.54. The molecule has 5 heteroatoms. The van der Waals surface area contributed by atoms with Crippen molar-refractivity contribution in [2.45, 2.75) is 45.9 Å². The van der Waals surface area contributed by atoms with Gasteiger partial charge in [-0.15, -0.1) is 0 Å². The fourth-order valence-electron chi connectivity index (χ4n) is 3.25. The third kappa shape index (κ3) is 7.37. The van der Waals surface area contributed by atoms with E-state index in [1.165, 1.54) is 17.7 Å². The quantitative estimate of drug-likeness (QED) is 0.328. The maximum atomic E-state index is 13.1. The zero-order chi connectivity index (χ0) is 22.1. The van der Waals surface area contributed by atoms with Crippen LogP contribution in [0.1, 0.15) is 37.0 Å². The van der Waals surface area contributed by atoms with Crippen molar-refractivity contribution in [2.24, 2.45) is 0 Å². The monoisotopic (exact) mass is 485 g/mol. The highest BCUT2D eigenvalue weighted by molar-refractivity contribution is 9.10. The van der Waals surface area contributed by atoms with Crippen LogP contribution < -0.4 is 14.8 Å². The van der Waals surface area contributed by atoms with Gasteiger partial charge in [-0.3, -0.25) is 0 Å². The summed E-state index contributed by atoms with van der Waals surface area (Å²) < 4.78 is 25.9. The molecule has 1 atom stereocenters. The fourth-order valence-corrected chi connectivity index (χ4v) is 3.71. The first-order valence-corrected chi connectivity index (χ1v) is 11.4. The Hall–Kier alpha value is -2.37. The van der Waals surface area contributed by atoms with Gasteiger partial charge in [0.15, 0.2) is 11.5 Å². The zero-order valence-corrected chi connectivity index (χ0v) is 19.6. The van der Waals surface area contributed by atoms with Crippen molar-refractivity contribution >= 4 is 15.9 Å². The van der Waals surface area contributed by atoms with Crippen molar-refractivity contribution in [1.29, 1.82) is 0 Å². The molecule has 164 valence electrons. The smallest absolute Gasteiger partial charge is 0.162 e. The average molecular weight is 486 g/mol.